The van der Waals surface area contributed by atoms with Crippen LogP contribution in [0.1, 0.15) is 36.0 Å². The first-order valence-corrected chi connectivity index (χ1v) is 15.7. The molecule has 2 aliphatic rings. The van der Waals surface area contributed by atoms with Gasteiger partial charge in [0.05, 0.1) is 25.9 Å². The molecule has 0 amide bonds. The Kier molecular flexibility index (Phi) is 9.93. The molecule has 0 aliphatic carbocycles. The van der Waals surface area contributed by atoms with Gasteiger partial charge in [-0.05, 0) is 66.9 Å². The van der Waals surface area contributed by atoms with E-state index in [0.717, 1.165) is 42.2 Å². The van der Waals surface area contributed by atoms with Crippen molar-refractivity contribution in [2.75, 3.05) is 42.7 Å². The van der Waals surface area contributed by atoms with Gasteiger partial charge in [-0.3, -0.25) is 9.89 Å². The molecule has 240 valence electrons. The molecule has 47 heavy (non-hydrogen) atoms. The topological polar surface area (TPSA) is 121 Å². The van der Waals surface area contributed by atoms with Crippen molar-refractivity contribution in [2.45, 2.75) is 44.7 Å². The number of esters is 1. The van der Waals surface area contributed by atoms with Crippen LogP contribution >= 0.6 is 0 Å². The van der Waals surface area contributed by atoms with Crippen LogP contribution in [0, 0.1) is 12.4 Å². The van der Waals surface area contributed by atoms with E-state index >= 15 is 0 Å². The van der Waals surface area contributed by atoms with Crippen molar-refractivity contribution in [1.82, 2.24) is 19.9 Å². The third-order valence-corrected chi connectivity index (χ3v) is 8.14. The molecule has 4 aromatic rings. The Morgan fingerprint density at radius 3 is 2.55 bits per heavy atom. The molecule has 12 heteroatoms. The first-order valence-electron chi connectivity index (χ1n) is 15.7. The van der Waals surface area contributed by atoms with Gasteiger partial charge in [-0.25, -0.2) is 14.0 Å². The number of carbonyl (C=O) groups is 1. The minimum Gasteiger partial charge on any atom is -0.467 e. The average Bonchev–Trinajstić information content (AvgIpc) is 3.49. The van der Waals surface area contributed by atoms with E-state index in [-0.39, 0.29) is 30.1 Å². The zero-order valence-electron chi connectivity index (χ0n) is 26.2. The largest absolute Gasteiger partial charge is 0.467 e. The van der Waals surface area contributed by atoms with E-state index in [4.69, 9.17) is 11.3 Å². The van der Waals surface area contributed by atoms with Gasteiger partial charge in [0.1, 0.15) is 11.9 Å². The van der Waals surface area contributed by atoms with Crippen molar-refractivity contribution in [3.05, 3.63) is 101 Å². The Morgan fingerprint density at radius 2 is 1.77 bits per heavy atom. The summed E-state index contributed by atoms with van der Waals surface area (Å²) in [4.78, 5) is 37.1. The number of hydrogen-bond donors (Lipinski definition) is 3. The average molecular weight is 634 g/mol. The molecular formula is C35H36FN9O2. The van der Waals surface area contributed by atoms with Gasteiger partial charge < -0.3 is 20.7 Å². The van der Waals surface area contributed by atoms with E-state index in [1.54, 1.807) is 30.3 Å². The van der Waals surface area contributed by atoms with Crippen LogP contribution in [0.3, 0.4) is 0 Å². The molecule has 0 bridgehead atoms. The number of piperidine rings is 1. The van der Waals surface area contributed by atoms with Crippen LogP contribution in [0.25, 0.3) is 4.85 Å². The zero-order chi connectivity index (χ0) is 32.6. The Morgan fingerprint density at radius 1 is 0.979 bits per heavy atom. The lowest BCUT2D eigenvalue weighted by atomic mass is 10.1. The highest BCUT2D eigenvalue weighted by atomic mass is 19.1. The van der Waals surface area contributed by atoms with Crippen LogP contribution < -0.4 is 16.0 Å². The number of aromatic nitrogens is 3. The maximum atomic E-state index is 13.7. The van der Waals surface area contributed by atoms with E-state index in [1.807, 2.05) is 12.1 Å². The third kappa shape index (κ3) is 8.45. The molecule has 6 rings (SSSR count). The Balaban J connectivity index is 1.23. The summed E-state index contributed by atoms with van der Waals surface area (Å²) in [6, 6.07) is 19.0. The predicted molar refractivity (Wildman–Crippen MR) is 180 cm³/mol. The number of likely N-dealkylation sites (tertiary alicyclic amines) is 1. The van der Waals surface area contributed by atoms with Gasteiger partial charge in [0.2, 0.25) is 17.8 Å². The van der Waals surface area contributed by atoms with Crippen molar-refractivity contribution in [3.8, 4) is 0 Å². The fraction of sp³-hybridized carbons (Fsp3) is 0.314. The lowest BCUT2D eigenvalue weighted by Gasteiger charge is -2.26. The first-order chi connectivity index (χ1) is 22.9. The van der Waals surface area contributed by atoms with E-state index in [1.165, 1.54) is 44.1 Å². The van der Waals surface area contributed by atoms with Crippen LogP contribution in [-0.4, -0.2) is 64.3 Å². The number of carbonyl (C=O) groups excluding carboxylic acids is 1. The molecule has 1 aromatic heterocycles. The predicted octanol–water partition coefficient (Wildman–Crippen LogP) is 6.23. The second-order valence-electron chi connectivity index (χ2n) is 11.7. The summed E-state index contributed by atoms with van der Waals surface area (Å²) in [5.74, 6) is -0.0953. The van der Waals surface area contributed by atoms with Crippen molar-refractivity contribution in [3.63, 3.8) is 0 Å². The molecule has 0 radical (unpaired) electrons. The lowest BCUT2D eigenvalue weighted by Crippen LogP contribution is -2.34. The number of benzene rings is 3. The van der Waals surface area contributed by atoms with Gasteiger partial charge in [-0.1, -0.05) is 48.9 Å². The van der Waals surface area contributed by atoms with E-state index in [0.29, 0.717) is 24.3 Å². The fourth-order valence-electron chi connectivity index (χ4n) is 5.76. The van der Waals surface area contributed by atoms with Gasteiger partial charge in [-0.15, -0.1) is 0 Å². The van der Waals surface area contributed by atoms with E-state index in [9.17, 15) is 9.18 Å². The SMILES string of the molecule is [C-]#[N+]c1ccc(C[C@@H](Nc2nc(NCC3=Nc4cc(F)ccc4C3)nc(Nc3cccc(CN4CCCCC4)c3)n2)C(=O)OC)cc1. The number of nitrogens with zero attached hydrogens (tertiary/aromatic N) is 6. The van der Waals surface area contributed by atoms with Gasteiger partial charge in [0.25, 0.3) is 0 Å². The van der Waals surface area contributed by atoms with Crippen LogP contribution in [0.2, 0.25) is 0 Å². The molecule has 1 fully saturated rings. The van der Waals surface area contributed by atoms with Crippen LogP contribution in [-0.2, 0) is 28.9 Å². The molecule has 2 aliphatic heterocycles. The summed E-state index contributed by atoms with van der Waals surface area (Å²) < 4.78 is 18.8. The van der Waals surface area contributed by atoms with Crippen LogP contribution in [0.5, 0.6) is 0 Å². The third-order valence-electron chi connectivity index (χ3n) is 8.14. The summed E-state index contributed by atoms with van der Waals surface area (Å²) in [6.45, 7) is 10.6. The normalized spacial score (nSPS) is 14.8. The molecule has 3 heterocycles. The lowest BCUT2D eigenvalue weighted by molar-refractivity contribution is -0.141. The molecule has 0 saturated carbocycles. The number of ether oxygens (including phenoxy) is 1. The molecule has 11 nitrogen and oxygen atoms in total. The summed E-state index contributed by atoms with van der Waals surface area (Å²) in [7, 11) is 1.33. The summed E-state index contributed by atoms with van der Waals surface area (Å²) in [5.41, 5.74) is 5.76. The number of methoxy groups -OCH3 is 1. The molecule has 3 N–H and O–H groups in total. The summed E-state index contributed by atoms with van der Waals surface area (Å²) in [6.07, 6.45) is 4.61. The fourth-order valence-corrected chi connectivity index (χ4v) is 5.76. The molecule has 3 aromatic carbocycles. The number of fused-ring (bicyclic) bond motifs is 1. The highest BCUT2D eigenvalue weighted by Crippen LogP contribution is 2.28. The molecule has 1 saturated heterocycles. The maximum absolute atomic E-state index is 13.7. The van der Waals surface area contributed by atoms with Crippen molar-refractivity contribution < 1.29 is 13.9 Å². The van der Waals surface area contributed by atoms with Crippen molar-refractivity contribution >= 4 is 46.6 Å². The number of hydrogen-bond acceptors (Lipinski definition) is 10. The quantitative estimate of drug-likeness (QED) is 0.123. The van der Waals surface area contributed by atoms with Gasteiger partial charge in [-0.2, -0.15) is 15.0 Å². The Labute approximate surface area is 273 Å². The highest BCUT2D eigenvalue weighted by molar-refractivity contribution is 5.96. The first kappa shape index (κ1) is 31.6. The molecule has 1 atom stereocenters. The molecule has 0 unspecified atom stereocenters. The highest BCUT2D eigenvalue weighted by Gasteiger charge is 2.22. The second-order valence-corrected chi connectivity index (χ2v) is 11.7. The van der Waals surface area contributed by atoms with Crippen LogP contribution in [0.15, 0.2) is 71.7 Å². The smallest absolute Gasteiger partial charge is 0.328 e. The molecular weight excluding hydrogens is 597 g/mol. The van der Waals surface area contributed by atoms with Crippen LogP contribution in [0.4, 0.5) is 39.3 Å². The van der Waals surface area contributed by atoms with Crippen molar-refractivity contribution in [2.24, 2.45) is 4.99 Å². The second kappa shape index (κ2) is 14.8. The standard InChI is InChI=1S/C35H36FN9O2/c1-37-27-13-9-23(10-14-27)18-31(32(46)47-2)41-35-43-33(38-21-29-19-25-11-12-26(36)20-30(25)39-29)42-34(44-35)40-28-8-6-7-24(17-28)22-45-15-4-3-5-16-45/h6-14,17,20,31H,3-5,15-16,18-19,21-22H2,2H3,(H3,38,40,41,42,43,44)/t31-/m1/s1. The van der Waals surface area contributed by atoms with E-state index < -0.39 is 12.0 Å². The monoisotopic (exact) mass is 633 g/mol. The summed E-state index contributed by atoms with van der Waals surface area (Å²) >= 11 is 0. The van der Waals surface area contributed by atoms with Crippen molar-refractivity contribution in [1.29, 1.82) is 0 Å². The number of rotatable bonds is 12. The summed E-state index contributed by atoms with van der Waals surface area (Å²) in [5, 5.41) is 9.67. The van der Waals surface area contributed by atoms with Gasteiger partial charge in [0, 0.05) is 30.8 Å². The number of halogens is 1. The molecule has 0 spiro atoms. The van der Waals surface area contributed by atoms with E-state index in [2.05, 4.69) is 57.8 Å². The Hall–Kier alpha value is -5.41. The van der Waals surface area contributed by atoms with Gasteiger partial charge in [0.15, 0.2) is 5.69 Å². The number of aliphatic imine (C=N–C) groups is 1. The van der Waals surface area contributed by atoms with Gasteiger partial charge >= 0.3 is 5.97 Å². The minimum atomic E-state index is -0.807. The minimum absolute atomic E-state index is 0.168. The maximum Gasteiger partial charge on any atom is 0.328 e. The number of anilines is 4. The zero-order valence-corrected chi connectivity index (χ0v) is 26.2. The number of nitrogens with one attached hydrogen (secondary N) is 3. The Bertz CT molecular complexity index is 1800.